The molecule has 25 heavy (non-hydrogen) atoms. The monoisotopic (exact) mass is 349 g/mol. The van der Waals surface area contributed by atoms with Crippen molar-refractivity contribution in [3.63, 3.8) is 0 Å². The van der Waals surface area contributed by atoms with Crippen LogP contribution in [-0.4, -0.2) is 58.3 Å². The van der Waals surface area contributed by atoms with Gasteiger partial charge in [-0.3, -0.25) is 9.78 Å². The number of nitrogens with zero attached hydrogens (tertiary/aromatic N) is 4. The Morgan fingerprint density at radius 2 is 2.16 bits per heavy atom. The summed E-state index contributed by atoms with van der Waals surface area (Å²) in [5, 5.41) is 4.86. The number of aromatic nitrogens is 4. The van der Waals surface area contributed by atoms with E-state index in [-0.39, 0.29) is 22.8 Å². The number of hydrogen-bond donors (Lipinski definition) is 1. The number of fused-ring (bicyclic) bond motifs is 1. The van der Waals surface area contributed by atoms with Crippen LogP contribution in [0.5, 0.6) is 0 Å². The Hall–Kier alpha value is -1.93. The van der Waals surface area contributed by atoms with Crippen molar-refractivity contribution < 1.29 is 9.47 Å². The molecular formula is C17H27N5O3. The third kappa shape index (κ3) is 3.55. The summed E-state index contributed by atoms with van der Waals surface area (Å²) in [5.41, 5.74) is -0.205. The van der Waals surface area contributed by atoms with Gasteiger partial charge in [0, 0.05) is 20.2 Å². The molecule has 8 heteroatoms. The second-order valence-electron chi connectivity index (χ2n) is 8.19. The fourth-order valence-corrected chi connectivity index (χ4v) is 3.28. The highest BCUT2D eigenvalue weighted by molar-refractivity contribution is 5.74. The van der Waals surface area contributed by atoms with Crippen LogP contribution in [-0.2, 0) is 15.0 Å². The molecule has 0 aliphatic carbocycles. The first kappa shape index (κ1) is 17.9. The smallest absolute Gasteiger partial charge is 0.263 e. The maximum atomic E-state index is 12.5. The van der Waals surface area contributed by atoms with E-state index in [1.807, 2.05) is 39.5 Å². The molecule has 0 unspecified atom stereocenters. The van der Waals surface area contributed by atoms with Crippen LogP contribution < -0.4 is 10.5 Å². The van der Waals surface area contributed by atoms with Crippen molar-refractivity contribution in [2.24, 2.45) is 0 Å². The maximum absolute atomic E-state index is 12.5. The number of H-pyrrole nitrogens is 1. The van der Waals surface area contributed by atoms with Gasteiger partial charge in [-0.1, -0.05) is 0 Å². The van der Waals surface area contributed by atoms with Gasteiger partial charge in [0.15, 0.2) is 5.65 Å². The van der Waals surface area contributed by atoms with Crippen molar-refractivity contribution in [3.05, 3.63) is 16.6 Å². The average molecular weight is 349 g/mol. The lowest BCUT2D eigenvalue weighted by atomic mass is 10.1. The van der Waals surface area contributed by atoms with Gasteiger partial charge in [-0.15, -0.1) is 0 Å². The molecule has 3 rings (SSSR count). The highest BCUT2D eigenvalue weighted by atomic mass is 16.5. The summed E-state index contributed by atoms with van der Waals surface area (Å²) in [6.45, 7) is 11.9. The summed E-state index contributed by atoms with van der Waals surface area (Å²) in [5.74, 6) is 0.543. The van der Waals surface area contributed by atoms with Gasteiger partial charge in [0.05, 0.1) is 30.0 Å². The Morgan fingerprint density at radius 1 is 1.44 bits per heavy atom. The van der Waals surface area contributed by atoms with E-state index in [4.69, 9.17) is 14.5 Å². The standard InChI is InChI=1S/C17H27N5O3/c1-16(2,3)22-13-12(7-18-22)14(23)20-15(19-13)21-8-11(9-24-6)25-17(4,5)10-21/h7,11H,8-10H2,1-6H3,(H,19,20,23)/t11-/m1/s1. The minimum absolute atomic E-state index is 0.0812. The maximum Gasteiger partial charge on any atom is 0.263 e. The largest absolute Gasteiger partial charge is 0.382 e. The number of morpholine rings is 1. The van der Waals surface area contributed by atoms with Crippen LogP contribution in [0.3, 0.4) is 0 Å². The molecule has 1 atom stereocenters. The second-order valence-corrected chi connectivity index (χ2v) is 8.19. The lowest BCUT2D eigenvalue weighted by Crippen LogP contribution is -2.54. The lowest BCUT2D eigenvalue weighted by molar-refractivity contribution is -0.106. The molecule has 1 aliphatic heterocycles. The normalized spacial score (nSPS) is 21.0. The van der Waals surface area contributed by atoms with E-state index in [2.05, 4.69) is 10.1 Å². The van der Waals surface area contributed by atoms with Crippen LogP contribution in [0.15, 0.2) is 11.0 Å². The SMILES string of the molecule is COC[C@H]1CN(c2nc3c(cnn3C(C)(C)C)c(=O)[nH]2)CC(C)(C)O1. The molecule has 1 saturated heterocycles. The zero-order chi connectivity index (χ0) is 18.4. The molecule has 0 radical (unpaired) electrons. The zero-order valence-corrected chi connectivity index (χ0v) is 15.8. The number of aromatic amines is 1. The van der Waals surface area contributed by atoms with Crippen LogP contribution in [0.1, 0.15) is 34.6 Å². The summed E-state index contributed by atoms with van der Waals surface area (Å²) in [6, 6.07) is 0. The zero-order valence-electron chi connectivity index (χ0n) is 15.8. The molecule has 1 N–H and O–H groups in total. The number of anilines is 1. The molecule has 2 aromatic heterocycles. The van der Waals surface area contributed by atoms with Crippen LogP contribution in [0.2, 0.25) is 0 Å². The van der Waals surface area contributed by atoms with Gasteiger partial charge in [0.1, 0.15) is 5.39 Å². The van der Waals surface area contributed by atoms with Gasteiger partial charge in [-0.2, -0.15) is 10.1 Å². The minimum atomic E-state index is -0.362. The first-order valence-electron chi connectivity index (χ1n) is 8.51. The van der Waals surface area contributed by atoms with Gasteiger partial charge in [-0.25, -0.2) is 4.68 Å². The highest BCUT2D eigenvalue weighted by Crippen LogP contribution is 2.25. The van der Waals surface area contributed by atoms with Crippen LogP contribution >= 0.6 is 0 Å². The van der Waals surface area contributed by atoms with Crippen LogP contribution in [0.25, 0.3) is 11.0 Å². The molecular weight excluding hydrogens is 322 g/mol. The number of rotatable bonds is 3. The van der Waals surface area contributed by atoms with Crippen molar-refractivity contribution in [1.29, 1.82) is 0 Å². The molecule has 1 fully saturated rings. The third-order valence-corrected chi connectivity index (χ3v) is 4.19. The van der Waals surface area contributed by atoms with E-state index >= 15 is 0 Å². The molecule has 0 bridgehead atoms. The molecule has 0 amide bonds. The van der Waals surface area contributed by atoms with E-state index < -0.39 is 0 Å². The number of nitrogens with one attached hydrogen (secondary N) is 1. The molecule has 3 heterocycles. The van der Waals surface area contributed by atoms with Crippen molar-refractivity contribution in [2.75, 3.05) is 31.7 Å². The van der Waals surface area contributed by atoms with Gasteiger partial charge >= 0.3 is 0 Å². The Kier molecular flexibility index (Phi) is 4.36. The van der Waals surface area contributed by atoms with E-state index in [1.54, 1.807) is 18.0 Å². The Balaban J connectivity index is 2.04. The molecule has 0 aromatic carbocycles. The van der Waals surface area contributed by atoms with Gasteiger partial charge in [0.2, 0.25) is 5.95 Å². The van der Waals surface area contributed by atoms with E-state index in [0.29, 0.717) is 36.7 Å². The van der Waals surface area contributed by atoms with Crippen molar-refractivity contribution in [3.8, 4) is 0 Å². The fraction of sp³-hybridized carbons (Fsp3) is 0.706. The van der Waals surface area contributed by atoms with Gasteiger partial charge < -0.3 is 14.4 Å². The molecule has 8 nitrogen and oxygen atoms in total. The first-order chi connectivity index (χ1) is 11.6. The first-order valence-corrected chi connectivity index (χ1v) is 8.51. The van der Waals surface area contributed by atoms with Crippen LogP contribution in [0, 0.1) is 0 Å². The van der Waals surface area contributed by atoms with E-state index in [1.165, 1.54) is 0 Å². The van der Waals surface area contributed by atoms with Gasteiger partial charge in [-0.05, 0) is 34.6 Å². The predicted octanol–water partition coefficient (Wildman–Crippen LogP) is 1.50. The Bertz CT molecular complexity index is 818. The Labute approximate surface area is 147 Å². The van der Waals surface area contributed by atoms with E-state index in [9.17, 15) is 4.79 Å². The van der Waals surface area contributed by atoms with Crippen molar-refractivity contribution >= 4 is 17.0 Å². The number of ether oxygens (including phenoxy) is 2. The van der Waals surface area contributed by atoms with E-state index in [0.717, 1.165) is 0 Å². The summed E-state index contributed by atoms with van der Waals surface area (Å²) in [6.07, 6.45) is 1.50. The molecule has 0 saturated carbocycles. The third-order valence-electron chi connectivity index (χ3n) is 4.19. The molecule has 1 aliphatic rings. The van der Waals surface area contributed by atoms with Crippen molar-refractivity contribution in [1.82, 2.24) is 19.7 Å². The summed E-state index contributed by atoms with van der Waals surface area (Å²) in [4.78, 5) is 22.2. The summed E-state index contributed by atoms with van der Waals surface area (Å²) in [7, 11) is 1.66. The van der Waals surface area contributed by atoms with Gasteiger partial charge in [0.25, 0.3) is 5.56 Å². The second kappa shape index (κ2) is 6.10. The number of hydrogen-bond acceptors (Lipinski definition) is 6. The quantitative estimate of drug-likeness (QED) is 0.904. The average Bonchev–Trinajstić information content (AvgIpc) is 2.90. The summed E-state index contributed by atoms with van der Waals surface area (Å²) >= 11 is 0. The molecule has 138 valence electrons. The predicted molar refractivity (Wildman–Crippen MR) is 96.2 cm³/mol. The highest BCUT2D eigenvalue weighted by Gasteiger charge is 2.35. The fourth-order valence-electron chi connectivity index (χ4n) is 3.28. The number of methoxy groups -OCH3 is 1. The Morgan fingerprint density at radius 3 is 2.80 bits per heavy atom. The topological polar surface area (TPSA) is 85.3 Å². The molecule has 0 spiro atoms. The molecule has 2 aromatic rings. The minimum Gasteiger partial charge on any atom is -0.382 e. The lowest BCUT2D eigenvalue weighted by Gasteiger charge is -2.42. The summed E-state index contributed by atoms with van der Waals surface area (Å²) < 4.78 is 13.1. The van der Waals surface area contributed by atoms with Crippen molar-refractivity contribution in [2.45, 2.75) is 51.9 Å². The van der Waals surface area contributed by atoms with Crippen LogP contribution in [0.4, 0.5) is 5.95 Å².